The van der Waals surface area contributed by atoms with Gasteiger partial charge < -0.3 is 15.6 Å². The molecule has 0 radical (unpaired) electrons. The molecule has 0 atom stereocenters. The maximum absolute atomic E-state index is 6.13. The van der Waals surface area contributed by atoms with E-state index in [-0.39, 0.29) is 0 Å². The van der Waals surface area contributed by atoms with Crippen molar-refractivity contribution < 1.29 is 0 Å². The summed E-state index contributed by atoms with van der Waals surface area (Å²) in [7, 11) is 0. The Morgan fingerprint density at radius 1 is 1.26 bits per heavy atom. The summed E-state index contributed by atoms with van der Waals surface area (Å²) in [6.07, 6.45) is 0. The Bertz CT molecular complexity index is 567. The number of hydrogen-bond acceptors (Lipinski definition) is 3. The zero-order valence-electron chi connectivity index (χ0n) is 11.5. The molecule has 1 aliphatic heterocycles. The van der Waals surface area contributed by atoms with E-state index in [4.69, 9.17) is 5.73 Å². The SMILES string of the molecule is CCn1c(CN2CCNCC2)cc2cccc(N)c21. The second-order valence-corrected chi connectivity index (χ2v) is 5.19. The second-order valence-electron chi connectivity index (χ2n) is 5.19. The van der Waals surface area contributed by atoms with Crippen molar-refractivity contribution in [3.05, 3.63) is 30.0 Å². The molecule has 4 nitrogen and oxygen atoms in total. The molecule has 0 saturated carbocycles. The fraction of sp³-hybridized carbons (Fsp3) is 0.467. The zero-order valence-corrected chi connectivity index (χ0v) is 11.5. The number of nitrogens with two attached hydrogens (primary N) is 1. The van der Waals surface area contributed by atoms with Crippen LogP contribution in [-0.2, 0) is 13.1 Å². The summed E-state index contributed by atoms with van der Waals surface area (Å²) in [5, 5.41) is 4.65. The van der Waals surface area contributed by atoms with Crippen LogP contribution in [0.1, 0.15) is 12.6 Å². The second kappa shape index (κ2) is 5.23. The lowest BCUT2D eigenvalue weighted by molar-refractivity contribution is 0.228. The minimum absolute atomic E-state index is 0.880. The van der Waals surface area contributed by atoms with Gasteiger partial charge in [-0.15, -0.1) is 0 Å². The molecule has 102 valence electrons. The summed E-state index contributed by atoms with van der Waals surface area (Å²) in [5.74, 6) is 0. The van der Waals surface area contributed by atoms with Crippen molar-refractivity contribution in [1.82, 2.24) is 14.8 Å². The van der Waals surface area contributed by atoms with Gasteiger partial charge in [-0.3, -0.25) is 4.90 Å². The molecule has 2 heterocycles. The Labute approximate surface area is 114 Å². The van der Waals surface area contributed by atoms with Gasteiger partial charge in [0.2, 0.25) is 0 Å². The number of nitrogens with zero attached hydrogens (tertiary/aromatic N) is 2. The number of aryl methyl sites for hydroxylation is 1. The van der Waals surface area contributed by atoms with Crippen molar-refractivity contribution in [3.63, 3.8) is 0 Å². The van der Waals surface area contributed by atoms with Gasteiger partial charge >= 0.3 is 0 Å². The molecule has 0 aliphatic carbocycles. The van der Waals surface area contributed by atoms with Crippen LogP contribution in [0, 0.1) is 0 Å². The highest BCUT2D eigenvalue weighted by Crippen LogP contribution is 2.26. The predicted molar refractivity (Wildman–Crippen MR) is 80.2 cm³/mol. The monoisotopic (exact) mass is 258 g/mol. The van der Waals surface area contributed by atoms with Crippen LogP contribution in [0.25, 0.3) is 10.9 Å². The van der Waals surface area contributed by atoms with Crippen molar-refractivity contribution in [3.8, 4) is 0 Å². The fourth-order valence-corrected chi connectivity index (χ4v) is 3.00. The number of benzene rings is 1. The Balaban J connectivity index is 1.96. The lowest BCUT2D eigenvalue weighted by Gasteiger charge is -2.27. The number of rotatable bonds is 3. The van der Waals surface area contributed by atoms with Gasteiger partial charge in [-0.25, -0.2) is 0 Å². The molecule has 3 rings (SSSR count). The third-order valence-electron chi connectivity index (χ3n) is 3.95. The number of nitrogens with one attached hydrogen (secondary N) is 1. The normalized spacial score (nSPS) is 17.1. The summed E-state index contributed by atoms with van der Waals surface area (Å²) in [6.45, 7) is 8.61. The number of anilines is 1. The van der Waals surface area contributed by atoms with E-state index in [2.05, 4.69) is 33.8 Å². The first kappa shape index (κ1) is 12.5. The van der Waals surface area contributed by atoms with E-state index in [1.54, 1.807) is 0 Å². The van der Waals surface area contributed by atoms with Crippen molar-refractivity contribution in [2.75, 3.05) is 31.9 Å². The highest BCUT2D eigenvalue weighted by Gasteiger charge is 2.15. The van der Waals surface area contributed by atoms with Crippen LogP contribution >= 0.6 is 0 Å². The van der Waals surface area contributed by atoms with Crippen molar-refractivity contribution in [2.24, 2.45) is 0 Å². The molecule has 0 unspecified atom stereocenters. The lowest BCUT2D eigenvalue weighted by atomic mass is 10.2. The van der Waals surface area contributed by atoms with Crippen molar-refractivity contribution in [2.45, 2.75) is 20.0 Å². The lowest BCUT2D eigenvalue weighted by Crippen LogP contribution is -2.43. The highest BCUT2D eigenvalue weighted by atomic mass is 15.2. The van der Waals surface area contributed by atoms with E-state index in [1.807, 2.05) is 12.1 Å². The smallest absolute Gasteiger partial charge is 0.0716 e. The van der Waals surface area contributed by atoms with Crippen LogP contribution in [0.3, 0.4) is 0 Å². The molecule has 4 heteroatoms. The molecule has 0 bridgehead atoms. The topological polar surface area (TPSA) is 46.2 Å². The molecular formula is C15H22N4. The van der Waals surface area contributed by atoms with Crippen molar-refractivity contribution >= 4 is 16.6 Å². The van der Waals surface area contributed by atoms with Gasteiger partial charge in [0.1, 0.15) is 0 Å². The molecule has 0 spiro atoms. The van der Waals surface area contributed by atoms with Crippen LogP contribution in [0.15, 0.2) is 24.3 Å². The van der Waals surface area contributed by atoms with E-state index >= 15 is 0 Å². The van der Waals surface area contributed by atoms with Crippen LogP contribution in [-0.4, -0.2) is 35.6 Å². The molecule has 1 aliphatic rings. The van der Waals surface area contributed by atoms with E-state index < -0.39 is 0 Å². The van der Waals surface area contributed by atoms with Gasteiger partial charge in [-0.2, -0.15) is 0 Å². The molecule has 19 heavy (non-hydrogen) atoms. The van der Waals surface area contributed by atoms with Gasteiger partial charge in [-0.1, -0.05) is 12.1 Å². The molecule has 3 N–H and O–H groups in total. The first-order chi connectivity index (χ1) is 9.29. The first-order valence-electron chi connectivity index (χ1n) is 7.09. The van der Waals surface area contributed by atoms with Crippen LogP contribution in [0.5, 0.6) is 0 Å². The quantitative estimate of drug-likeness (QED) is 0.823. The standard InChI is InChI=1S/C15H22N4/c1-2-19-13(11-18-8-6-17-7-9-18)10-12-4-3-5-14(16)15(12)19/h3-5,10,17H,2,6-9,11,16H2,1H3. The van der Waals surface area contributed by atoms with Crippen LogP contribution in [0.4, 0.5) is 5.69 Å². The van der Waals surface area contributed by atoms with Crippen LogP contribution in [0.2, 0.25) is 0 Å². The molecular weight excluding hydrogens is 236 g/mol. The van der Waals surface area contributed by atoms with Gasteiger partial charge in [0.25, 0.3) is 0 Å². The summed E-state index contributed by atoms with van der Waals surface area (Å²) in [6, 6.07) is 8.46. The summed E-state index contributed by atoms with van der Waals surface area (Å²) in [5.41, 5.74) is 9.58. The summed E-state index contributed by atoms with van der Waals surface area (Å²) in [4.78, 5) is 2.51. The average Bonchev–Trinajstić information content (AvgIpc) is 2.78. The minimum Gasteiger partial charge on any atom is -0.397 e. The number of nitrogen functional groups attached to an aromatic ring is 1. The first-order valence-corrected chi connectivity index (χ1v) is 7.09. The van der Waals surface area contributed by atoms with Gasteiger partial charge in [-0.05, 0) is 19.1 Å². The Kier molecular flexibility index (Phi) is 3.44. The fourth-order valence-electron chi connectivity index (χ4n) is 3.00. The molecule has 2 aromatic rings. The maximum atomic E-state index is 6.13. The van der Waals surface area contributed by atoms with Crippen LogP contribution < -0.4 is 11.1 Å². The number of piperazine rings is 1. The minimum atomic E-state index is 0.880. The highest BCUT2D eigenvalue weighted by molar-refractivity contribution is 5.91. The van der Waals surface area contributed by atoms with Gasteiger partial charge in [0, 0.05) is 50.3 Å². The number of para-hydroxylation sites is 1. The van der Waals surface area contributed by atoms with E-state index in [0.717, 1.165) is 45.0 Å². The zero-order chi connectivity index (χ0) is 13.2. The van der Waals surface area contributed by atoms with E-state index in [0.29, 0.717) is 0 Å². The predicted octanol–water partition coefficient (Wildman–Crippen LogP) is 1.65. The molecule has 1 aromatic heterocycles. The number of aromatic nitrogens is 1. The molecule has 1 fully saturated rings. The van der Waals surface area contributed by atoms with Gasteiger partial charge in [0.15, 0.2) is 0 Å². The average molecular weight is 258 g/mol. The van der Waals surface area contributed by atoms with E-state index in [1.165, 1.54) is 16.6 Å². The third kappa shape index (κ3) is 2.33. The Morgan fingerprint density at radius 3 is 2.79 bits per heavy atom. The molecule has 0 amide bonds. The number of hydrogen-bond donors (Lipinski definition) is 2. The summed E-state index contributed by atoms with van der Waals surface area (Å²) >= 11 is 0. The summed E-state index contributed by atoms with van der Waals surface area (Å²) < 4.78 is 2.35. The van der Waals surface area contributed by atoms with Crippen molar-refractivity contribution in [1.29, 1.82) is 0 Å². The largest absolute Gasteiger partial charge is 0.397 e. The Hall–Kier alpha value is -1.52. The van der Waals surface area contributed by atoms with E-state index in [9.17, 15) is 0 Å². The third-order valence-corrected chi connectivity index (χ3v) is 3.95. The maximum Gasteiger partial charge on any atom is 0.0716 e. The number of fused-ring (bicyclic) bond motifs is 1. The molecule has 1 saturated heterocycles. The Morgan fingerprint density at radius 2 is 2.05 bits per heavy atom. The molecule has 1 aromatic carbocycles. The van der Waals surface area contributed by atoms with Gasteiger partial charge in [0.05, 0.1) is 11.2 Å².